The highest BCUT2D eigenvalue weighted by molar-refractivity contribution is 7.86. The second-order valence-corrected chi connectivity index (χ2v) is 6.31. The molecule has 2 unspecified atom stereocenters. The zero-order valence-electron chi connectivity index (χ0n) is 10.3. The fourth-order valence-electron chi connectivity index (χ4n) is 1.69. The first kappa shape index (κ1) is 13.3. The lowest BCUT2D eigenvalue weighted by Crippen LogP contribution is -2.46. The molecule has 0 bridgehead atoms. The van der Waals surface area contributed by atoms with Crippen molar-refractivity contribution in [2.45, 2.75) is 18.7 Å². The third-order valence-electron chi connectivity index (χ3n) is 3.05. The third-order valence-corrected chi connectivity index (χ3v) is 4.85. The second-order valence-electron chi connectivity index (χ2n) is 4.51. The average molecular weight is 270 g/mol. The molecule has 2 heterocycles. The molecule has 0 aromatic carbocycles. The van der Waals surface area contributed by atoms with Gasteiger partial charge in [-0.25, -0.2) is 0 Å². The van der Waals surface area contributed by atoms with Gasteiger partial charge in [-0.3, -0.25) is 9.00 Å². The van der Waals surface area contributed by atoms with Gasteiger partial charge in [-0.05, 0) is 25.0 Å². The van der Waals surface area contributed by atoms with Gasteiger partial charge < -0.3 is 15.1 Å². The smallest absolute Gasteiger partial charge is 0.235 e. The van der Waals surface area contributed by atoms with E-state index in [1.807, 2.05) is 0 Å². The lowest BCUT2D eigenvalue weighted by Gasteiger charge is -2.27. The predicted octanol–water partition coefficient (Wildman–Crippen LogP) is 0.252. The van der Waals surface area contributed by atoms with E-state index in [0.29, 0.717) is 24.0 Å². The van der Waals surface area contributed by atoms with Crippen molar-refractivity contribution in [3.8, 4) is 0 Å². The summed E-state index contributed by atoms with van der Waals surface area (Å²) in [4.78, 5) is 11.8. The number of hydrogen-bond donors (Lipinski definition) is 2. The molecule has 1 aliphatic rings. The lowest BCUT2D eigenvalue weighted by atomic mass is 10.1. The quantitative estimate of drug-likeness (QED) is 0.777. The van der Waals surface area contributed by atoms with E-state index in [1.165, 1.54) is 0 Å². The van der Waals surface area contributed by atoms with Crippen LogP contribution in [0.3, 0.4) is 0 Å². The molecule has 1 saturated heterocycles. The van der Waals surface area contributed by atoms with Crippen LogP contribution in [-0.2, 0) is 22.1 Å². The van der Waals surface area contributed by atoms with Crippen molar-refractivity contribution in [1.82, 2.24) is 10.6 Å². The molecule has 2 atom stereocenters. The van der Waals surface area contributed by atoms with Crippen molar-refractivity contribution >= 4 is 16.7 Å². The average Bonchev–Trinajstić information content (AvgIpc) is 2.82. The molecular formula is C12H18N2O3S. The number of nitrogens with one attached hydrogen (secondary N) is 2. The van der Waals surface area contributed by atoms with Crippen LogP contribution in [-0.4, -0.2) is 34.2 Å². The highest BCUT2D eigenvalue weighted by Gasteiger charge is 2.25. The minimum Gasteiger partial charge on any atom is -0.467 e. The molecule has 18 heavy (non-hydrogen) atoms. The molecule has 0 aliphatic carbocycles. The Hall–Kier alpha value is -1.14. The fourth-order valence-corrected chi connectivity index (χ4v) is 3.00. The molecule has 1 aromatic heterocycles. The van der Waals surface area contributed by atoms with E-state index in [1.54, 1.807) is 25.3 Å². The van der Waals surface area contributed by atoms with Crippen LogP contribution in [0.5, 0.6) is 0 Å². The van der Waals surface area contributed by atoms with Crippen LogP contribution in [0.2, 0.25) is 0 Å². The van der Waals surface area contributed by atoms with E-state index in [-0.39, 0.29) is 5.91 Å². The van der Waals surface area contributed by atoms with E-state index in [2.05, 4.69) is 10.6 Å². The highest BCUT2D eigenvalue weighted by Crippen LogP contribution is 2.08. The zero-order valence-corrected chi connectivity index (χ0v) is 11.2. The maximum Gasteiger partial charge on any atom is 0.235 e. The van der Waals surface area contributed by atoms with Crippen molar-refractivity contribution in [1.29, 1.82) is 0 Å². The molecule has 100 valence electrons. The van der Waals surface area contributed by atoms with E-state index >= 15 is 0 Å². The van der Waals surface area contributed by atoms with Gasteiger partial charge in [-0.15, -0.1) is 0 Å². The van der Waals surface area contributed by atoms with E-state index in [0.717, 1.165) is 13.1 Å². The molecule has 5 nitrogen and oxygen atoms in total. The highest BCUT2D eigenvalue weighted by atomic mass is 32.2. The molecule has 2 N–H and O–H groups in total. The van der Waals surface area contributed by atoms with Crippen LogP contribution in [0.25, 0.3) is 0 Å². The van der Waals surface area contributed by atoms with E-state index in [9.17, 15) is 9.00 Å². The molecule has 6 heteroatoms. The summed E-state index contributed by atoms with van der Waals surface area (Å²) in [6.07, 6.45) is 1.56. The Morgan fingerprint density at radius 2 is 2.44 bits per heavy atom. The van der Waals surface area contributed by atoms with Gasteiger partial charge in [-0.2, -0.15) is 0 Å². The van der Waals surface area contributed by atoms with Crippen LogP contribution in [0.4, 0.5) is 0 Å². The maximum absolute atomic E-state index is 11.9. The Labute approximate surface area is 109 Å². The van der Waals surface area contributed by atoms with E-state index < -0.39 is 16.0 Å². The van der Waals surface area contributed by atoms with Gasteiger partial charge in [0.2, 0.25) is 5.91 Å². The number of amides is 1. The van der Waals surface area contributed by atoms with Crippen LogP contribution in [0.1, 0.15) is 12.7 Å². The van der Waals surface area contributed by atoms with Crippen LogP contribution < -0.4 is 10.6 Å². The number of carbonyl (C=O) groups excluding carboxylic acids is 1. The predicted molar refractivity (Wildman–Crippen MR) is 69.4 cm³/mol. The number of rotatable bonds is 6. The summed E-state index contributed by atoms with van der Waals surface area (Å²) in [6, 6.07) is 3.56. The Bertz CT molecular complexity index is 415. The first-order valence-electron chi connectivity index (χ1n) is 6.05. The monoisotopic (exact) mass is 270 g/mol. The summed E-state index contributed by atoms with van der Waals surface area (Å²) in [5.41, 5.74) is 0. The topological polar surface area (TPSA) is 71.3 Å². The maximum atomic E-state index is 11.9. The van der Waals surface area contributed by atoms with Gasteiger partial charge in [-0.1, -0.05) is 0 Å². The molecule has 0 spiro atoms. The molecule has 0 radical (unpaired) electrons. The number of carbonyl (C=O) groups is 1. The molecule has 1 aliphatic heterocycles. The summed E-state index contributed by atoms with van der Waals surface area (Å²) in [5, 5.41) is 5.39. The number of hydrogen-bond acceptors (Lipinski definition) is 4. The first-order valence-corrected chi connectivity index (χ1v) is 7.43. The van der Waals surface area contributed by atoms with Crippen LogP contribution in [0.15, 0.2) is 22.8 Å². The van der Waals surface area contributed by atoms with Gasteiger partial charge in [0, 0.05) is 29.6 Å². The Morgan fingerprint density at radius 3 is 3.00 bits per heavy atom. The molecular weight excluding hydrogens is 252 g/mol. The Kier molecular flexibility index (Phi) is 4.54. The molecule has 1 amide bonds. The minimum absolute atomic E-state index is 0.183. The van der Waals surface area contributed by atoms with Gasteiger partial charge in [0.1, 0.15) is 11.0 Å². The van der Waals surface area contributed by atoms with Gasteiger partial charge >= 0.3 is 0 Å². The van der Waals surface area contributed by atoms with Crippen LogP contribution >= 0.6 is 0 Å². The van der Waals surface area contributed by atoms with Crippen molar-refractivity contribution in [3.63, 3.8) is 0 Å². The summed E-state index contributed by atoms with van der Waals surface area (Å²) < 4.78 is 17.1. The van der Waals surface area contributed by atoms with Crippen molar-refractivity contribution < 1.29 is 13.4 Å². The molecule has 1 aromatic rings. The molecule has 1 fully saturated rings. The second kappa shape index (κ2) is 6.15. The Balaban J connectivity index is 1.74. The molecule has 0 saturated carbocycles. The van der Waals surface area contributed by atoms with Gasteiger partial charge in [0.05, 0.1) is 12.8 Å². The first-order chi connectivity index (χ1) is 8.66. The SMILES string of the molecule is CC(C(=O)NCc1ccco1)S(=O)CC1CNC1. The van der Waals surface area contributed by atoms with Crippen molar-refractivity contribution in [2.75, 3.05) is 18.8 Å². The lowest BCUT2D eigenvalue weighted by molar-refractivity contribution is -0.120. The fraction of sp³-hybridized carbons (Fsp3) is 0.583. The summed E-state index contributed by atoms with van der Waals surface area (Å²) >= 11 is 0. The summed E-state index contributed by atoms with van der Waals surface area (Å²) in [7, 11) is -1.10. The van der Waals surface area contributed by atoms with Gasteiger partial charge in [0.25, 0.3) is 0 Å². The number of furan rings is 1. The van der Waals surface area contributed by atoms with E-state index in [4.69, 9.17) is 4.42 Å². The third kappa shape index (κ3) is 3.43. The van der Waals surface area contributed by atoms with Crippen molar-refractivity contribution in [3.05, 3.63) is 24.2 Å². The summed E-state index contributed by atoms with van der Waals surface area (Å²) in [6.45, 7) is 3.87. The van der Waals surface area contributed by atoms with Crippen LogP contribution in [0, 0.1) is 5.92 Å². The normalized spacial score (nSPS) is 18.9. The minimum atomic E-state index is -1.10. The zero-order chi connectivity index (χ0) is 13.0. The van der Waals surface area contributed by atoms with Gasteiger partial charge in [0.15, 0.2) is 0 Å². The van der Waals surface area contributed by atoms with Crippen molar-refractivity contribution in [2.24, 2.45) is 5.92 Å². The standard InChI is InChI=1S/C12H18N2O3S/c1-9(18(16)8-10-5-13-6-10)12(15)14-7-11-3-2-4-17-11/h2-4,9-10,13H,5-8H2,1H3,(H,14,15). The summed E-state index contributed by atoms with van der Waals surface area (Å²) in [5.74, 6) is 1.57. The Morgan fingerprint density at radius 1 is 1.67 bits per heavy atom. The largest absolute Gasteiger partial charge is 0.467 e. The molecule has 2 rings (SSSR count).